The fourth-order valence-corrected chi connectivity index (χ4v) is 8.27. The Bertz CT molecular complexity index is 889. The highest BCUT2D eigenvalue weighted by molar-refractivity contribution is 5.71. The molecule has 0 unspecified atom stereocenters. The summed E-state index contributed by atoms with van der Waals surface area (Å²) < 4.78 is 16.8. The molecule has 6 nitrogen and oxygen atoms in total. The van der Waals surface area contributed by atoms with Crippen LogP contribution in [0.25, 0.3) is 0 Å². The Morgan fingerprint density at radius 3 is 0.667 bits per heavy atom. The lowest BCUT2D eigenvalue weighted by atomic mass is 10.0. The van der Waals surface area contributed by atoms with E-state index in [0.717, 1.165) is 57.8 Å². The number of ether oxygens (including phenoxy) is 3. The predicted molar refractivity (Wildman–Crippen MR) is 257 cm³/mol. The average molecular weight is 849 g/mol. The van der Waals surface area contributed by atoms with Gasteiger partial charge in [0.05, 0.1) is 0 Å². The van der Waals surface area contributed by atoms with Crippen molar-refractivity contribution in [1.82, 2.24) is 0 Å². The molecule has 0 aromatic heterocycles. The summed E-state index contributed by atoms with van der Waals surface area (Å²) in [6, 6.07) is 0. The normalized spacial score (nSPS) is 11.8. The van der Waals surface area contributed by atoms with Crippen LogP contribution in [0.1, 0.15) is 310 Å². The molecule has 0 aliphatic heterocycles. The second kappa shape index (κ2) is 50.1. The number of hydrogen-bond donors (Lipinski definition) is 0. The lowest BCUT2D eigenvalue weighted by molar-refractivity contribution is -0.167. The van der Waals surface area contributed by atoms with E-state index in [2.05, 4.69) is 20.8 Å². The van der Waals surface area contributed by atoms with Gasteiger partial charge >= 0.3 is 17.9 Å². The van der Waals surface area contributed by atoms with Crippen LogP contribution >= 0.6 is 0 Å². The largest absolute Gasteiger partial charge is 0.462 e. The maximum absolute atomic E-state index is 12.8. The van der Waals surface area contributed by atoms with Crippen molar-refractivity contribution in [1.29, 1.82) is 0 Å². The van der Waals surface area contributed by atoms with E-state index < -0.39 is 6.10 Å². The third kappa shape index (κ3) is 47.5. The summed E-state index contributed by atoms with van der Waals surface area (Å²) >= 11 is 0. The van der Waals surface area contributed by atoms with Crippen molar-refractivity contribution in [3.05, 3.63) is 0 Å². The number of unbranched alkanes of at least 4 members (excludes halogenated alkanes) is 39. The van der Waals surface area contributed by atoms with E-state index in [9.17, 15) is 14.4 Å². The van der Waals surface area contributed by atoms with Crippen LogP contribution in [0.2, 0.25) is 0 Å². The molecule has 0 saturated carbocycles. The molecule has 0 aromatic carbocycles. The van der Waals surface area contributed by atoms with Gasteiger partial charge in [-0.25, -0.2) is 0 Å². The Labute approximate surface area is 374 Å². The molecule has 60 heavy (non-hydrogen) atoms. The van der Waals surface area contributed by atoms with Gasteiger partial charge in [-0.05, 0) is 19.3 Å². The SMILES string of the molecule is CCCCCCCCCCCCCCCCCC(=O)OC[C@@H](COC(=O)CCCCCCCCCCCCCCCC)OC(=O)CCCCCCCCCCCCCCC. The van der Waals surface area contributed by atoms with E-state index in [0.29, 0.717) is 19.3 Å². The van der Waals surface area contributed by atoms with Crippen LogP contribution in [0.3, 0.4) is 0 Å². The van der Waals surface area contributed by atoms with Crippen LogP contribution < -0.4 is 0 Å². The van der Waals surface area contributed by atoms with Gasteiger partial charge in [0, 0.05) is 19.3 Å². The quantitative estimate of drug-likeness (QED) is 0.0345. The van der Waals surface area contributed by atoms with Gasteiger partial charge in [-0.1, -0.05) is 271 Å². The van der Waals surface area contributed by atoms with E-state index in [1.807, 2.05) is 0 Å². The maximum atomic E-state index is 12.8. The first-order valence-corrected chi connectivity index (χ1v) is 27.0. The summed E-state index contributed by atoms with van der Waals surface area (Å²) in [6.07, 6.45) is 53.7. The minimum atomic E-state index is -0.759. The molecule has 0 fully saturated rings. The summed E-state index contributed by atoms with van der Waals surface area (Å²) in [6.45, 7) is 6.69. The first-order valence-electron chi connectivity index (χ1n) is 27.0. The fourth-order valence-electron chi connectivity index (χ4n) is 8.27. The molecule has 0 aliphatic carbocycles. The smallest absolute Gasteiger partial charge is 0.306 e. The number of esters is 3. The molecule has 6 heteroatoms. The summed E-state index contributed by atoms with van der Waals surface area (Å²) in [4.78, 5) is 38.0. The summed E-state index contributed by atoms with van der Waals surface area (Å²) in [7, 11) is 0. The third-order valence-electron chi connectivity index (χ3n) is 12.4. The lowest BCUT2D eigenvalue weighted by Crippen LogP contribution is -2.30. The fraction of sp³-hybridized carbons (Fsp3) is 0.944. The Morgan fingerprint density at radius 2 is 0.450 bits per heavy atom. The van der Waals surface area contributed by atoms with Crippen LogP contribution in [0.4, 0.5) is 0 Å². The number of hydrogen-bond acceptors (Lipinski definition) is 6. The molecule has 0 aromatic rings. The van der Waals surface area contributed by atoms with E-state index in [1.54, 1.807) is 0 Å². The molecule has 0 heterocycles. The van der Waals surface area contributed by atoms with Gasteiger partial charge < -0.3 is 14.2 Å². The second-order valence-corrected chi connectivity index (χ2v) is 18.5. The number of rotatable bonds is 50. The van der Waals surface area contributed by atoms with E-state index >= 15 is 0 Å². The molecule has 0 N–H and O–H groups in total. The number of carbonyl (C=O) groups is 3. The Balaban J connectivity index is 4.30. The highest BCUT2D eigenvalue weighted by Gasteiger charge is 2.19. The van der Waals surface area contributed by atoms with Gasteiger partial charge in [0.15, 0.2) is 6.10 Å². The second-order valence-electron chi connectivity index (χ2n) is 18.5. The third-order valence-corrected chi connectivity index (χ3v) is 12.4. The molecule has 0 spiro atoms. The first kappa shape index (κ1) is 58.4. The van der Waals surface area contributed by atoms with Crippen molar-refractivity contribution in [2.24, 2.45) is 0 Å². The monoisotopic (exact) mass is 849 g/mol. The molecule has 0 saturated heterocycles. The zero-order valence-electron chi connectivity index (χ0n) is 40.8. The highest BCUT2D eigenvalue weighted by Crippen LogP contribution is 2.17. The highest BCUT2D eigenvalue weighted by atomic mass is 16.6. The van der Waals surface area contributed by atoms with Gasteiger partial charge in [0.2, 0.25) is 0 Å². The van der Waals surface area contributed by atoms with Crippen LogP contribution in [-0.4, -0.2) is 37.2 Å². The standard InChI is InChI=1S/C54H104O6/c1-4-7-10-13-16-19-22-25-27-30-32-35-38-41-44-47-53(56)59-50-51(60-54(57)48-45-42-39-36-33-28-24-21-18-15-12-9-6-3)49-58-52(55)46-43-40-37-34-31-29-26-23-20-17-14-11-8-5-2/h51H,4-50H2,1-3H3/t51-/m1/s1. The van der Waals surface area contributed by atoms with Gasteiger partial charge in [-0.2, -0.15) is 0 Å². The van der Waals surface area contributed by atoms with Crippen molar-refractivity contribution in [3.63, 3.8) is 0 Å². The van der Waals surface area contributed by atoms with Crippen molar-refractivity contribution in [2.45, 2.75) is 316 Å². The van der Waals surface area contributed by atoms with Crippen molar-refractivity contribution >= 4 is 17.9 Å². The van der Waals surface area contributed by atoms with Crippen LogP contribution in [0.5, 0.6) is 0 Å². The molecule has 0 amide bonds. The molecule has 0 radical (unpaired) electrons. The number of carbonyl (C=O) groups excluding carboxylic acids is 3. The van der Waals surface area contributed by atoms with E-state index in [1.165, 1.54) is 212 Å². The minimum Gasteiger partial charge on any atom is -0.462 e. The zero-order chi connectivity index (χ0) is 43.7. The van der Waals surface area contributed by atoms with Crippen LogP contribution in [0, 0.1) is 0 Å². The van der Waals surface area contributed by atoms with Gasteiger partial charge in [0.25, 0.3) is 0 Å². The lowest BCUT2D eigenvalue weighted by Gasteiger charge is -2.18. The predicted octanol–water partition coefficient (Wildman–Crippen LogP) is 17.6. The van der Waals surface area contributed by atoms with Crippen molar-refractivity contribution in [3.8, 4) is 0 Å². The van der Waals surface area contributed by atoms with E-state index in [4.69, 9.17) is 14.2 Å². The molecule has 0 rings (SSSR count). The summed E-state index contributed by atoms with van der Waals surface area (Å²) in [5.41, 5.74) is 0. The van der Waals surface area contributed by atoms with Crippen LogP contribution in [-0.2, 0) is 28.6 Å². The molecule has 356 valence electrons. The van der Waals surface area contributed by atoms with Crippen LogP contribution in [0.15, 0.2) is 0 Å². The van der Waals surface area contributed by atoms with Crippen molar-refractivity contribution in [2.75, 3.05) is 13.2 Å². The summed E-state index contributed by atoms with van der Waals surface area (Å²) in [5, 5.41) is 0. The minimum absolute atomic E-state index is 0.0615. The Morgan fingerprint density at radius 1 is 0.267 bits per heavy atom. The molecule has 0 bridgehead atoms. The average Bonchev–Trinajstić information content (AvgIpc) is 3.24. The first-order chi connectivity index (χ1) is 29.5. The summed E-state index contributed by atoms with van der Waals surface area (Å²) in [5.74, 6) is -0.837. The Kier molecular flexibility index (Phi) is 48.7. The molecular formula is C54H104O6. The van der Waals surface area contributed by atoms with E-state index in [-0.39, 0.29) is 31.1 Å². The zero-order valence-corrected chi connectivity index (χ0v) is 40.8. The topological polar surface area (TPSA) is 78.9 Å². The van der Waals surface area contributed by atoms with Gasteiger partial charge in [-0.3, -0.25) is 14.4 Å². The molecule has 0 aliphatic rings. The Hall–Kier alpha value is -1.59. The maximum Gasteiger partial charge on any atom is 0.306 e. The van der Waals surface area contributed by atoms with Gasteiger partial charge in [-0.15, -0.1) is 0 Å². The van der Waals surface area contributed by atoms with Gasteiger partial charge in [0.1, 0.15) is 13.2 Å². The molecule has 1 atom stereocenters. The molecular weight excluding hydrogens is 745 g/mol. The van der Waals surface area contributed by atoms with Crippen molar-refractivity contribution < 1.29 is 28.6 Å².